The van der Waals surface area contributed by atoms with Crippen LogP contribution in [-0.4, -0.2) is 37.4 Å². The highest BCUT2D eigenvalue weighted by atomic mass is 16.5. The zero-order valence-electron chi connectivity index (χ0n) is 17.7. The van der Waals surface area contributed by atoms with Crippen molar-refractivity contribution in [2.24, 2.45) is 0 Å². The first-order valence-electron chi connectivity index (χ1n) is 10.7. The van der Waals surface area contributed by atoms with E-state index in [1.807, 2.05) is 36.4 Å². The van der Waals surface area contributed by atoms with Crippen LogP contribution in [0.25, 0.3) is 22.1 Å². The fourth-order valence-electron chi connectivity index (χ4n) is 3.68. The maximum Gasteiger partial charge on any atom is 0.150 e. The van der Waals surface area contributed by atoms with Gasteiger partial charge in [0, 0.05) is 29.5 Å². The number of rotatable bonds is 11. The lowest BCUT2D eigenvalue weighted by atomic mass is 9.95. The number of aldehydes is 1. The van der Waals surface area contributed by atoms with E-state index in [0.717, 1.165) is 78.8 Å². The summed E-state index contributed by atoms with van der Waals surface area (Å²) in [5.74, 6) is 1.72. The number of unbranched alkanes of at least 4 members (excludes halogenated alkanes) is 1. The highest BCUT2D eigenvalue weighted by Gasteiger charge is 2.19. The fraction of sp³-hybridized carbons (Fsp3) is 0.400. The van der Waals surface area contributed by atoms with Crippen LogP contribution in [0.1, 0.15) is 49.7 Å². The van der Waals surface area contributed by atoms with Crippen LogP contribution in [0.4, 0.5) is 0 Å². The number of para-hydroxylation sites is 1. The van der Waals surface area contributed by atoms with Gasteiger partial charge in [0.25, 0.3) is 0 Å². The number of hydrogen-bond acceptors (Lipinski definition) is 4. The summed E-state index contributed by atoms with van der Waals surface area (Å²) in [5.41, 5.74) is 3.42. The summed E-state index contributed by atoms with van der Waals surface area (Å²) in [6.45, 7) is 10.0. The predicted octanol–water partition coefficient (Wildman–Crippen LogP) is 5.98. The zero-order chi connectivity index (χ0) is 20.6. The van der Waals surface area contributed by atoms with Crippen LogP contribution in [-0.2, 0) is 6.42 Å². The predicted molar refractivity (Wildman–Crippen MR) is 119 cm³/mol. The van der Waals surface area contributed by atoms with Gasteiger partial charge in [0.15, 0.2) is 6.29 Å². The van der Waals surface area contributed by atoms with Crippen LogP contribution in [0.15, 0.2) is 46.9 Å². The second kappa shape index (κ2) is 10.3. The fourth-order valence-corrected chi connectivity index (χ4v) is 3.68. The van der Waals surface area contributed by atoms with Crippen molar-refractivity contribution in [2.75, 3.05) is 26.2 Å². The topological polar surface area (TPSA) is 42.7 Å². The number of hydrogen-bond donors (Lipinski definition) is 0. The molecule has 29 heavy (non-hydrogen) atoms. The molecule has 3 aromatic rings. The van der Waals surface area contributed by atoms with E-state index in [0.29, 0.717) is 12.2 Å². The van der Waals surface area contributed by atoms with Crippen molar-refractivity contribution in [1.29, 1.82) is 0 Å². The molecule has 0 aliphatic rings. The Labute approximate surface area is 173 Å². The summed E-state index contributed by atoms with van der Waals surface area (Å²) in [5, 5.41) is 1.04. The summed E-state index contributed by atoms with van der Waals surface area (Å²) in [6.07, 6.45) is 3.90. The lowest BCUT2D eigenvalue weighted by Gasteiger charge is -2.18. The molecule has 0 radical (unpaired) electrons. The molecule has 0 fully saturated rings. The number of likely N-dealkylation sites (N-methyl/N-ethyl adjacent to an activating group) is 1. The number of nitrogens with zero attached hydrogens (tertiary/aromatic N) is 1. The van der Waals surface area contributed by atoms with Gasteiger partial charge in [-0.15, -0.1) is 0 Å². The number of benzene rings is 2. The molecule has 0 saturated heterocycles. The van der Waals surface area contributed by atoms with E-state index in [9.17, 15) is 4.79 Å². The van der Waals surface area contributed by atoms with Crippen molar-refractivity contribution >= 4 is 17.3 Å². The number of furan rings is 1. The number of carbonyl (C=O) groups excluding carboxylic acids is 1. The number of ether oxygens (including phenoxy) is 1. The molecule has 0 amide bonds. The van der Waals surface area contributed by atoms with Crippen molar-refractivity contribution < 1.29 is 13.9 Å². The Morgan fingerprint density at radius 3 is 2.59 bits per heavy atom. The third-order valence-corrected chi connectivity index (χ3v) is 5.42. The largest absolute Gasteiger partial charge is 0.492 e. The summed E-state index contributed by atoms with van der Waals surface area (Å²) in [6, 6.07) is 13.7. The molecule has 0 spiro atoms. The standard InChI is InChI=1S/C25H31NO3/c1-4-7-11-24-25(21-10-8-9-12-23(21)29-24)22-17-20(14-13-19(22)18-27)28-16-15-26(5-2)6-3/h8-10,12-14,17-18H,4-7,11,15-16H2,1-3H3. The summed E-state index contributed by atoms with van der Waals surface area (Å²) < 4.78 is 12.2. The van der Waals surface area contributed by atoms with Gasteiger partial charge in [0.05, 0.1) is 0 Å². The highest BCUT2D eigenvalue weighted by Crippen LogP contribution is 2.38. The average molecular weight is 394 g/mol. The van der Waals surface area contributed by atoms with Gasteiger partial charge in [-0.25, -0.2) is 0 Å². The second-order valence-electron chi connectivity index (χ2n) is 7.24. The molecule has 1 aromatic heterocycles. The number of fused-ring (bicyclic) bond motifs is 1. The SMILES string of the molecule is CCCCc1oc2ccccc2c1-c1cc(OCCN(CC)CC)ccc1C=O. The molecule has 0 unspecified atom stereocenters. The molecular weight excluding hydrogens is 362 g/mol. The van der Waals surface area contributed by atoms with Crippen LogP contribution in [0.5, 0.6) is 5.75 Å². The van der Waals surface area contributed by atoms with E-state index in [2.05, 4.69) is 31.7 Å². The molecule has 0 atom stereocenters. The van der Waals surface area contributed by atoms with Crippen LogP contribution in [0.2, 0.25) is 0 Å². The molecular formula is C25H31NO3. The monoisotopic (exact) mass is 393 g/mol. The van der Waals surface area contributed by atoms with E-state index in [1.165, 1.54) is 0 Å². The molecule has 0 saturated carbocycles. The number of carbonyl (C=O) groups is 1. The molecule has 0 N–H and O–H groups in total. The molecule has 4 heteroatoms. The van der Waals surface area contributed by atoms with Gasteiger partial charge in [0.1, 0.15) is 23.7 Å². The third-order valence-electron chi connectivity index (χ3n) is 5.42. The third kappa shape index (κ3) is 4.88. The molecule has 0 aliphatic heterocycles. The first-order valence-corrected chi connectivity index (χ1v) is 10.7. The maximum absolute atomic E-state index is 11.8. The van der Waals surface area contributed by atoms with Gasteiger partial charge in [-0.2, -0.15) is 0 Å². The van der Waals surface area contributed by atoms with Crippen molar-refractivity contribution in [3.05, 3.63) is 53.8 Å². The van der Waals surface area contributed by atoms with Crippen molar-refractivity contribution in [1.82, 2.24) is 4.90 Å². The summed E-state index contributed by atoms with van der Waals surface area (Å²) >= 11 is 0. The van der Waals surface area contributed by atoms with Gasteiger partial charge >= 0.3 is 0 Å². The van der Waals surface area contributed by atoms with Gasteiger partial charge < -0.3 is 14.1 Å². The van der Waals surface area contributed by atoms with Crippen LogP contribution in [0.3, 0.4) is 0 Å². The molecule has 2 aromatic carbocycles. The quantitative estimate of drug-likeness (QED) is 0.376. The Morgan fingerprint density at radius 2 is 1.86 bits per heavy atom. The minimum absolute atomic E-state index is 0.621. The van der Waals surface area contributed by atoms with Crippen molar-refractivity contribution in [2.45, 2.75) is 40.0 Å². The van der Waals surface area contributed by atoms with E-state index < -0.39 is 0 Å². The Hall–Kier alpha value is -2.59. The van der Waals surface area contributed by atoms with Crippen LogP contribution in [0, 0.1) is 0 Å². The molecule has 3 rings (SSSR count). The summed E-state index contributed by atoms with van der Waals surface area (Å²) in [4.78, 5) is 14.1. The second-order valence-corrected chi connectivity index (χ2v) is 7.24. The lowest BCUT2D eigenvalue weighted by molar-refractivity contribution is 0.112. The maximum atomic E-state index is 11.8. The van der Waals surface area contributed by atoms with Crippen LogP contribution < -0.4 is 4.74 Å². The molecule has 1 heterocycles. The van der Waals surface area contributed by atoms with Gasteiger partial charge in [0.2, 0.25) is 0 Å². The van der Waals surface area contributed by atoms with Gasteiger partial charge in [-0.3, -0.25) is 4.79 Å². The molecule has 4 nitrogen and oxygen atoms in total. The van der Waals surface area contributed by atoms with E-state index in [4.69, 9.17) is 9.15 Å². The molecule has 154 valence electrons. The highest BCUT2D eigenvalue weighted by molar-refractivity contribution is 6.00. The van der Waals surface area contributed by atoms with Crippen molar-refractivity contribution in [3.63, 3.8) is 0 Å². The first kappa shape index (κ1) is 21.1. The molecule has 0 bridgehead atoms. The normalized spacial score (nSPS) is 11.3. The minimum Gasteiger partial charge on any atom is -0.492 e. The lowest BCUT2D eigenvalue weighted by Crippen LogP contribution is -2.27. The first-order chi connectivity index (χ1) is 14.2. The Bertz CT molecular complexity index is 940. The summed E-state index contributed by atoms with van der Waals surface area (Å²) in [7, 11) is 0. The van der Waals surface area contributed by atoms with Gasteiger partial charge in [-0.1, -0.05) is 45.4 Å². The Morgan fingerprint density at radius 1 is 1.07 bits per heavy atom. The number of aryl methyl sites for hydroxylation is 1. The molecule has 0 aliphatic carbocycles. The average Bonchev–Trinajstić information content (AvgIpc) is 3.13. The van der Waals surface area contributed by atoms with Crippen molar-refractivity contribution in [3.8, 4) is 16.9 Å². The zero-order valence-corrected chi connectivity index (χ0v) is 17.7. The Balaban J connectivity index is 1.97. The van der Waals surface area contributed by atoms with Crippen LogP contribution >= 0.6 is 0 Å². The van der Waals surface area contributed by atoms with Gasteiger partial charge in [-0.05, 0) is 49.3 Å². The Kier molecular flexibility index (Phi) is 7.48. The van der Waals surface area contributed by atoms with E-state index >= 15 is 0 Å². The van der Waals surface area contributed by atoms with E-state index in [1.54, 1.807) is 0 Å². The minimum atomic E-state index is 0.621. The smallest absolute Gasteiger partial charge is 0.150 e. The van der Waals surface area contributed by atoms with E-state index in [-0.39, 0.29) is 0 Å².